The fraction of sp³-hybridized carbons (Fsp3) is 0.167. The lowest BCUT2D eigenvalue weighted by Crippen LogP contribution is -2.34. The molecule has 2 aromatic heterocycles. The molecule has 39 heavy (non-hydrogen) atoms. The van der Waals surface area contributed by atoms with Crippen LogP contribution in [0, 0.1) is 18.3 Å². The second-order valence-corrected chi connectivity index (χ2v) is 10.1. The molecule has 0 saturated carbocycles. The van der Waals surface area contributed by atoms with Crippen molar-refractivity contribution in [3.8, 4) is 6.07 Å². The minimum Gasteiger partial charge on any atom is -0.331 e. The molecule has 7 nitrogen and oxygen atoms in total. The highest BCUT2D eigenvalue weighted by atomic mass is 35.5. The van der Waals surface area contributed by atoms with E-state index in [9.17, 15) is 4.79 Å². The molecule has 1 amide bonds. The van der Waals surface area contributed by atoms with Crippen LogP contribution in [0.15, 0.2) is 79.3 Å². The SMILES string of the molecule is Cc1ccc(CCN(Cc2nncn2Cc2ccc(C#N)cc2)C(=O)c2c(Cl)ccc3cc(Cl)cnc23)cc1. The molecule has 194 valence electrons. The third-order valence-electron chi connectivity index (χ3n) is 6.52. The quantitative estimate of drug-likeness (QED) is 0.226. The molecule has 0 aliphatic rings. The highest BCUT2D eigenvalue weighted by molar-refractivity contribution is 6.36. The number of nitriles is 1. The van der Waals surface area contributed by atoms with Crippen molar-refractivity contribution in [1.82, 2.24) is 24.6 Å². The number of amides is 1. The number of aryl methyl sites for hydroxylation is 1. The van der Waals surface area contributed by atoms with Crippen LogP contribution in [0.1, 0.15) is 38.4 Å². The number of aromatic nitrogens is 4. The van der Waals surface area contributed by atoms with Gasteiger partial charge >= 0.3 is 0 Å². The zero-order valence-electron chi connectivity index (χ0n) is 21.2. The molecule has 9 heteroatoms. The maximum Gasteiger partial charge on any atom is 0.258 e. The van der Waals surface area contributed by atoms with E-state index in [2.05, 4.69) is 45.5 Å². The van der Waals surface area contributed by atoms with Crippen molar-refractivity contribution in [2.24, 2.45) is 0 Å². The molecule has 0 spiro atoms. The Labute approximate surface area is 236 Å². The van der Waals surface area contributed by atoms with Crippen molar-refractivity contribution >= 4 is 40.0 Å². The standard InChI is InChI=1S/C30H24Cl2N6O/c1-20-2-4-21(5-3-20)12-13-37(30(39)28-26(32)11-10-24-14-25(31)16-34-29(24)28)18-27-36-35-19-38(27)17-23-8-6-22(15-33)7-9-23/h2-11,14,16,19H,12-13,17-18H2,1H3. The number of nitrogens with zero attached hydrogens (tertiary/aromatic N) is 6. The van der Waals surface area contributed by atoms with E-state index in [0.29, 0.717) is 52.0 Å². The van der Waals surface area contributed by atoms with E-state index in [4.69, 9.17) is 28.5 Å². The summed E-state index contributed by atoms with van der Waals surface area (Å²) in [6.45, 7) is 3.21. The summed E-state index contributed by atoms with van der Waals surface area (Å²) in [5.41, 5.74) is 4.70. The molecule has 0 fully saturated rings. The second-order valence-electron chi connectivity index (χ2n) is 9.29. The normalized spacial score (nSPS) is 10.9. The topological polar surface area (TPSA) is 87.7 Å². The number of carbonyl (C=O) groups is 1. The third kappa shape index (κ3) is 6.09. The first-order valence-electron chi connectivity index (χ1n) is 12.4. The van der Waals surface area contributed by atoms with Gasteiger partial charge in [0.25, 0.3) is 5.91 Å². The first-order valence-corrected chi connectivity index (χ1v) is 13.1. The number of fused-ring (bicyclic) bond motifs is 1. The van der Waals surface area contributed by atoms with E-state index in [1.54, 1.807) is 41.6 Å². The first-order chi connectivity index (χ1) is 18.9. The molecule has 0 radical (unpaired) electrons. The van der Waals surface area contributed by atoms with E-state index in [1.807, 2.05) is 23.6 Å². The van der Waals surface area contributed by atoms with Gasteiger partial charge in [-0.1, -0.05) is 71.2 Å². The summed E-state index contributed by atoms with van der Waals surface area (Å²) in [7, 11) is 0. The van der Waals surface area contributed by atoms with Gasteiger partial charge in [0.1, 0.15) is 6.33 Å². The predicted molar refractivity (Wildman–Crippen MR) is 152 cm³/mol. The molecular weight excluding hydrogens is 531 g/mol. The molecule has 5 aromatic rings. The number of halogens is 2. The molecule has 5 rings (SSSR count). The van der Waals surface area contributed by atoms with Crippen molar-refractivity contribution in [1.29, 1.82) is 5.26 Å². The van der Waals surface area contributed by atoms with Crippen LogP contribution in [0.3, 0.4) is 0 Å². The van der Waals surface area contributed by atoms with Crippen molar-refractivity contribution in [2.45, 2.75) is 26.4 Å². The second kappa shape index (κ2) is 11.6. The lowest BCUT2D eigenvalue weighted by atomic mass is 10.1. The summed E-state index contributed by atoms with van der Waals surface area (Å²) >= 11 is 12.7. The van der Waals surface area contributed by atoms with Gasteiger partial charge in [-0.2, -0.15) is 5.26 Å². The summed E-state index contributed by atoms with van der Waals surface area (Å²) < 4.78 is 1.90. The van der Waals surface area contributed by atoms with Crippen LogP contribution in [0.5, 0.6) is 0 Å². The van der Waals surface area contributed by atoms with Crippen LogP contribution >= 0.6 is 23.2 Å². The van der Waals surface area contributed by atoms with E-state index in [1.165, 1.54) is 11.8 Å². The lowest BCUT2D eigenvalue weighted by Gasteiger charge is -2.24. The van der Waals surface area contributed by atoms with Crippen molar-refractivity contribution < 1.29 is 4.79 Å². The van der Waals surface area contributed by atoms with Gasteiger partial charge in [0, 0.05) is 18.1 Å². The van der Waals surface area contributed by atoms with Crippen LogP contribution in [0.25, 0.3) is 10.9 Å². The molecular formula is C30H24Cl2N6O. The number of hydrogen-bond donors (Lipinski definition) is 0. The Morgan fingerprint density at radius 2 is 1.77 bits per heavy atom. The Hall–Kier alpha value is -4.25. The van der Waals surface area contributed by atoms with Crippen molar-refractivity contribution in [2.75, 3.05) is 6.54 Å². The zero-order chi connectivity index (χ0) is 27.4. The minimum absolute atomic E-state index is 0.223. The maximum atomic E-state index is 14.1. The van der Waals surface area contributed by atoms with Crippen LogP contribution in [0.2, 0.25) is 10.0 Å². The van der Waals surface area contributed by atoms with E-state index < -0.39 is 0 Å². The number of benzene rings is 3. The maximum absolute atomic E-state index is 14.1. The van der Waals surface area contributed by atoms with Crippen LogP contribution < -0.4 is 0 Å². The van der Waals surface area contributed by atoms with Gasteiger partial charge in [0.15, 0.2) is 5.82 Å². The molecule has 0 saturated heterocycles. The Morgan fingerprint density at radius 3 is 2.51 bits per heavy atom. The highest BCUT2D eigenvalue weighted by Gasteiger charge is 2.24. The summed E-state index contributed by atoms with van der Waals surface area (Å²) in [6.07, 6.45) is 3.81. The van der Waals surface area contributed by atoms with Gasteiger partial charge in [-0.05, 0) is 48.7 Å². The van der Waals surface area contributed by atoms with E-state index in [0.717, 1.165) is 16.5 Å². The minimum atomic E-state index is -0.250. The van der Waals surface area contributed by atoms with E-state index in [-0.39, 0.29) is 12.5 Å². The van der Waals surface area contributed by atoms with Gasteiger partial charge in [-0.15, -0.1) is 10.2 Å². The monoisotopic (exact) mass is 554 g/mol. The Bertz CT molecular complexity index is 1670. The molecule has 0 atom stereocenters. The zero-order valence-corrected chi connectivity index (χ0v) is 22.7. The third-order valence-corrected chi connectivity index (χ3v) is 7.05. The Morgan fingerprint density at radius 1 is 1.03 bits per heavy atom. The fourth-order valence-corrected chi connectivity index (χ4v) is 4.77. The molecule has 0 N–H and O–H groups in total. The first kappa shape index (κ1) is 26.4. The lowest BCUT2D eigenvalue weighted by molar-refractivity contribution is 0.0741. The summed E-state index contributed by atoms with van der Waals surface area (Å²) in [6, 6.07) is 23.0. The van der Waals surface area contributed by atoms with Crippen LogP contribution in [0.4, 0.5) is 0 Å². The Balaban J connectivity index is 1.47. The summed E-state index contributed by atoms with van der Waals surface area (Å²) in [5, 5.41) is 19.1. The molecule has 3 aromatic carbocycles. The molecule has 0 aliphatic carbocycles. The van der Waals surface area contributed by atoms with E-state index >= 15 is 0 Å². The number of pyridine rings is 1. The number of rotatable bonds is 8. The van der Waals surface area contributed by atoms with Gasteiger partial charge in [-0.3, -0.25) is 9.78 Å². The highest BCUT2D eigenvalue weighted by Crippen LogP contribution is 2.28. The largest absolute Gasteiger partial charge is 0.331 e. The van der Waals surface area contributed by atoms with Gasteiger partial charge < -0.3 is 9.47 Å². The molecule has 0 bridgehead atoms. The average molecular weight is 555 g/mol. The van der Waals surface area contributed by atoms with Gasteiger partial charge in [0.05, 0.1) is 45.8 Å². The van der Waals surface area contributed by atoms with Crippen LogP contribution in [-0.2, 0) is 19.5 Å². The molecule has 2 heterocycles. The van der Waals surface area contributed by atoms with Crippen molar-refractivity contribution in [3.63, 3.8) is 0 Å². The smallest absolute Gasteiger partial charge is 0.258 e. The van der Waals surface area contributed by atoms with Gasteiger partial charge in [0.2, 0.25) is 0 Å². The molecule has 0 aliphatic heterocycles. The van der Waals surface area contributed by atoms with Crippen LogP contribution in [-0.4, -0.2) is 37.1 Å². The molecule has 0 unspecified atom stereocenters. The summed E-state index contributed by atoms with van der Waals surface area (Å²) in [5.74, 6) is 0.379. The average Bonchev–Trinajstić information content (AvgIpc) is 3.38. The Kier molecular flexibility index (Phi) is 7.87. The van der Waals surface area contributed by atoms with Gasteiger partial charge in [-0.25, -0.2) is 0 Å². The number of carbonyl (C=O) groups excluding carboxylic acids is 1. The summed E-state index contributed by atoms with van der Waals surface area (Å²) in [4.78, 5) is 20.3. The predicted octanol–water partition coefficient (Wildman–Crippen LogP) is 6.25. The number of hydrogen-bond acceptors (Lipinski definition) is 5. The van der Waals surface area contributed by atoms with Crippen molar-refractivity contribution in [3.05, 3.63) is 123 Å². The fourth-order valence-electron chi connectivity index (χ4n) is 4.37.